The van der Waals surface area contributed by atoms with E-state index in [1.54, 1.807) is 0 Å². The molecule has 2 nitrogen and oxygen atoms in total. The van der Waals surface area contributed by atoms with Crippen molar-refractivity contribution < 1.29 is 9.59 Å². The van der Waals surface area contributed by atoms with Crippen LogP contribution in [0.2, 0.25) is 0 Å². The Kier molecular flexibility index (Phi) is 45.5. The highest BCUT2D eigenvalue weighted by molar-refractivity contribution is 7.80. The monoisotopic (exact) mass is 236 g/mol. The van der Waals surface area contributed by atoms with Gasteiger partial charge in [-0.05, 0) is 45.9 Å². The summed E-state index contributed by atoms with van der Waals surface area (Å²) >= 11 is 4.70. The normalized spacial score (nSPS) is 6.00. The lowest BCUT2D eigenvalue weighted by molar-refractivity contribution is -0.115. The van der Waals surface area contributed by atoms with Crippen molar-refractivity contribution in [3.63, 3.8) is 0 Å². The molecule has 0 aromatic heterocycles. The van der Waals surface area contributed by atoms with E-state index in [-0.39, 0.29) is 26.4 Å². The van der Waals surface area contributed by atoms with E-state index < -0.39 is 0 Å². The van der Waals surface area contributed by atoms with Gasteiger partial charge in [-0.1, -0.05) is 34.0 Å². The minimum absolute atomic E-state index is 0. The topological polar surface area (TPSA) is 34.1 Å². The Labute approximate surface area is 101 Å². The van der Waals surface area contributed by atoms with E-state index >= 15 is 0 Å². The highest BCUT2D eigenvalue weighted by Crippen LogP contribution is 1.77. The number of thiocarbonyl (C=S) groups is 1. The van der Waals surface area contributed by atoms with Crippen molar-refractivity contribution >= 4 is 28.6 Å². The van der Waals surface area contributed by atoms with Gasteiger partial charge in [0.15, 0.2) is 0 Å². The van der Waals surface area contributed by atoms with Crippen molar-refractivity contribution in [1.29, 1.82) is 0 Å². The molecule has 0 N–H and O–H groups in total. The Balaban J connectivity index is -0.0000000315. The van der Waals surface area contributed by atoms with Gasteiger partial charge in [-0.3, -0.25) is 0 Å². The SMILES string of the molecule is C.C.CC(C)=O.CC(C)=O.CCC(C)=S. The second kappa shape index (κ2) is 23.3. The lowest BCUT2D eigenvalue weighted by Crippen LogP contribution is -1.75. The molecule has 15 heavy (non-hydrogen) atoms. The Morgan fingerprint density at radius 2 is 0.933 bits per heavy atom. The van der Waals surface area contributed by atoms with Crippen LogP contribution in [0.3, 0.4) is 0 Å². The van der Waals surface area contributed by atoms with Crippen LogP contribution in [0.25, 0.3) is 0 Å². The summed E-state index contributed by atoms with van der Waals surface area (Å²) in [6.07, 6.45) is 1.04. The van der Waals surface area contributed by atoms with Crippen molar-refractivity contribution in [2.75, 3.05) is 0 Å². The molecule has 0 unspecified atom stereocenters. The molecule has 0 bridgehead atoms. The molecule has 0 amide bonds. The van der Waals surface area contributed by atoms with Gasteiger partial charge in [0.25, 0.3) is 0 Å². The molecule has 0 rings (SSSR count). The lowest BCUT2D eigenvalue weighted by Gasteiger charge is -1.76. The minimum Gasteiger partial charge on any atom is -0.300 e. The van der Waals surface area contributed by atoms with E-state index in [9.17, 15) is 9.59 Å². The largest absolute Gasteiger partial charge is 0.300 e. The van der Waals surface area contributed by atoms with Gasteiger partial charge < -0.3 is 9.59 Å². The van der Waals surface area contributed by atoms with Crippen LogP contribution in [-0.2, 0) is 9.59 Å². The van der Waals surface area contributed by atoms with Crippen molar-refractivity contribution in [2.24, 2.45) is 0 Å². The van der Waals surface area contributed by atoms with E-state index in [2.05, 4.69) is 6.92 Å². The van der Waals surface area contributed by atoms with Gasteiger partial charge in [-0.15, -0.1) is 0 Å². The Hall–Kier alpha value is -0.570. The molecule has 0 spiro atoms. The standard InChI is InChI=1S/C4H8S.2C3H6O.2CH4/c1-3-4(2)5;2*1-3(2)4;;/h3H2,1-2H3;2*1-2H3;2*1H4. The molecule has 0 fully saturated rings. The van der Waals surface area contributed by atoms with Gasteiger partial charge in [0.1, 0.15) is 11.6 Å². The molecule has 0 saturated carbocycles. The van der Waals surface area contributed by atoms with E-state index in [1.165, 1.54) is 27.7 Å². The average molecular weight is 236 g/mol. The minimum atomic E-state index is 0. The third kappa shape index (κ3) is 858. The number of ketones is 2. The number of hydrogen-bond donors (Lipinski definition) is 0. The zero-order valence-corrected chi connectivity index (χ0v) is 10.2. The second-order valence-electron chi connectivity index (χ2n) is 2.87. The lowest BCUT2D eigenvalue weighted by atomic mass is 10.4. The molecule has 0 aromatic rings. The average Bonchev–Trinajstić information content (AvgIpc) is 1.84. The molecular formula is C12H28O2S. The van der Waals surface area contributed by atoms with Crippen LogP contribution in [0.5, 0.6) is 0 Å². The van der Waals surface area contributed by atoms with Crippen molar-refractivity contribution in [1.82, 2.24) is 0 Å². The summed E-state index contributed by atoms with van der Waals surface area (Å²) in [6.45, 7) is 10.1. The van der Waals surface area contributed by atoms with Gasteiger partial charge in [-0.2, -0.15) is 0 Å². The zero-order chi connectivity index (χ0) is 11.4. The van der Waals surface area contributed by atoms with Crippen LogP contribution < -0.4 is 0 Å². The first-order valence-electron chi connectivity index (χ1n) is 4.17. The molecule has 94 valence electrons. The fraction of sp³-hybridized carbons (Fsp3) is 0.750. The van der Waals surface area contributed by atoms with E-state index in [4.69, 9.17) is 12.2 Å². The fourth-order valence-electron chi connectivity index (χ4n) is 0. The first kappa shape index (κ1) is 29.3. The predicted octanol–water partition coefficient (Wildman–Crippen LogP) is 4.25. The van der Waals surface area contributed by atoms with Crippen molar-refractivity contribution in [3.05, 3.63) is 0 Å². The highest BCUT2D eigenvalue weighted by Gasteiger charge is 1.71. The van der Waals surface area contributed by atoms with Crippen LogP contribution in [0.1, 0.15) is 62.8 Å². The summed E-state index contributed by atoms with van der Waals surface area (Å²) in [5.74, 6) is 0.333. The molecule has 0 heterocycles. The smallest absolute Gasteiger partial charge is 0.126 e. The van der Waals surface area contributed by atoms with Crippen LogP contribution in [0.4, 0.5) is 0 Å². The molecular weight excluding hydrogens is 208 g/mol. The quantitative estimate of drug-likeness (QED) is 0.638. The Morgan fingerprint density at radius 1 is 0.867 bits per heavy atom. The second-order valence-corrected chi connectivity index (χ2v) is 3.57. The zero-order valence-electron chi connectivity index (χ0n) is 9.43. The maximum Gasteiger partial charge on any atom is 0.126 e. The molecule has 0 aliphatic rings. The fourth-order valence-corrected chi connectivity index (χ4v) is 0. The first-order chi connectivity index (χ1) is 5.73. The number of Topliss-reactive ketones (excluding diaryl/α,β-unsaturated/α-hetero) is 2. The maximum absolute atomic E-state index is 9.44. The number of carbonyl (C=O) groups excluding carboxylic acids is 2. The van der Waals surface area contributed by atoms with Crippen LogP contribution in [-0.4, -0.2) is 16.4 Å². The third-order valence-corrected chi connectivity index (χ3v) is 0.787. The van der Waals surface area contributed by atoms with E-state index in [0.717, 1.165) is 11.3 Å². The Morgan fingerprint density at radius 3 is 0.933 bits per heavy atom. The van der Waals surface area contributed by atoms with Crippen LogP contribution >= 0.6 is 12.2 Å². The molecule has 3 heteroatoms. The van der Waals surface area contributed by atoms with Crippen molar-refractivity contribution in [3.8, 4) is 0 Å². The van der Waals surface area contributed by atoms with Crippen LogP contribution in [0, 0.1) is 0 Å². The van der Waals surface area contributed by atoms with Crippen LogP contribution in [0.15, 0.2) is 0 Å². The van der Waals surface area contributed by atoms with E-state index in [1.807, 2.05) is 6.92 Å². The van der Waals surface area contributed by atoms with Gasteiger partial charge in [0.2, 0.25) is 0 Å². The summed E-state index contributed by atoms with van der Waals surface area (Å²) < 4.78 is 0. The Bertz CT molecular complexity index is 143. The molecule has 0 aliphatic carbocycles. The molecule has 0 saturated heterocycles. The predicted molar refractivity (Wildman–Crippen MR) is 74.7 cm³/mol. The summed E-state index contributed by atoms with van der Waals surface area (Å²) in [7, 11) is 0. The molecule has 0 radical (unpaired) electrons. The molecule has 0 aromatic carbocycles. The summed E-state index contributed by atoms with van der Waals surface area (Å²) in [5, 5.41) is 0. The number of carbonyl (C=O) groups is 2. The highest BCUT2D eigenvalue weighted by atomic mass is 32.1. The summed E-state index contributed by atoms with van der Waals surface area (Å²) in [5.41, 5.74) is 0. The van der Waals surface area contributed by atoms with Gasteiger partial charge in [0.05, 0.1) is 0 Å². The van der Waals surface area contributed by atoms with Gasteiger partial charge in [-0.25, -0.2) is 0 Å². The maximum atomic E-state index is 9.44. The summed E-state index contributed by atoms with van der Waals surface area (Å²) in [6, 6.07) is 0. The summed E-state index contributed by atoms with van der Waals surface area (Å²) in [4.78, 5) is 20.0. The third-order valence-electron chi connectivity index (χ3n) is 0.498. The number of hydrogen-bond acceptors (Lipinski definition) is 3. The number of rotatable bonds is 1. The first-order valence-corrected chi connectivity index (χ1v) is 4.58. The molecule has 0 aliphatic heterocycles. The van der Waals surface area contributed by atoms with Gasteiger partial charge >= 0.3 is 0 Å². The van der Waals surface area contributed by atoms with E-state index in [0.29, 0.717) is 0 Å². The van der Waals surface area contributed by atoms with Crippen molar-refractivity contribution in [2.45, 2.75) is 62.8 Å². The van der Waals surface area contributed by atoms with Gasteiger partial charge in [0, 0.05) is 0 Å². The molecule has 0 atom stereocenters.